The first-order valence-electron chi connectivity index (χ1n) is 6.00. The smallest absolute Gasteiger partial charge is 0.0668 e. The predicted molar refractivity (Wildman–Crippen MR) is 80.3 cm³/mol. The van der Waals surface area contributed by atoms with Crippen LogP contribution in [0.1, 0.15) is 6.42 Å². The van der Waals surface area contributed by atoms with Gasteiger partial charge in [0.25, 0.3) is 0 Å². The van der Waals surface area contributed by atoms with Crippen LogP contribution in [-0.2, 0) is 4.74 Å². The molecule has 1 fully saturated rings. The molecule has 1 aromatic heterocycles. The summed E-state index contributed by atoms with van der Waals surface area (Å²) in [5.74, 6) is 0. The highest BCUT2D eigenvalue weighted by Crippen LogP contribution is 2.31. The quantitative estimate of drug-likeness (QED) is 0.905. The maximum absolute atomic E-state index is 5.37. The van der Waals surface area contributed by atoms with Gasteiger partial charge < -0.3 is 10.1 Å². The van der Waals surface area contributed by atoms with E-state index in [0.29, 0.717) is 6.04 Å². The second-order valence-corrected chi connectivity index (χ2v) is 6.24. The summed E-state index contributed by atoms with van der Waals surface area (Å²) in [5.41, 5.74) is 2.47. The van der Waals surface area contributed by atoms with E-state index in [1.807, 2.05) is 0 Å². The first-order chi connectivity index (χ1) is 8.81. The maximum Gasteiger partial charge on any atom is 0.0668 e. The van der Waals surface area contributed by atoms with Gasteiger partial charge in [-0.25, -0.2) is 0 Å². The van der Waals surface area contributed by atoms with Crippen LogP contribution < -0.4 is 5.32 Å². The summed E-state index contributed by atoms with van der Waals surface area (Å²) in [6.45, 7) is 1.70. The lowest BCUT2D eigenvalue weighted by molar-refractivity contribution is 0.195. The van der Waals surface area contributed by atoms with E-state index in [-0.39, 0.29) is 0 Å². The van der Waals surface area contributed by atoms with Gasteiger partial charge in [-0.2, -0.15) is 0 Å². The Kier molecular flexibility index (Phi) is 3.68. The standard InChI is InChI=1S/C14H14BrNOS/c15-11-3-1-10(2-4-11)14-7-13(9-18-14)16-12-5-6-17-8-12/h1-4,7,9,12,16H,5-6,8H2. The van der Waals surface area contributed by atoms with Crippen molar-refractivity contribution in [3.05, 3.63) is 40.2 Å². The Hall–Kier alpha value is -0.840. The van der Waals surface area contributed by atoms with Gasteiger partial charge in [-0.05, 0) is 30.2 Å². The van der Waals surface area contributed by atoms with Crippen LogP contribution in [-0.4, -0.2) is 19.3 Å². The Bertz CT molecular complexity index is 517. The Balaban J connectivity index is 1.74. The molecule has 1 aliphatic heterocycles. The van der Waals surface area contributed by atoms with Gasteiger partial charge in [-0.15, -0.1) is 11.3 Å². The Labute approximate surface area is 119 Å². The van der Waals surface area contributed by atoms with Crippen molar-refractivity contribution in [1.82, 2.24) is 0 Å². The van der Waals surface area contributed by atoms with Crippen LogP contribution in [0.15, 0.2) is 40.2 Å². The minimum atomic E-state index is 0.470. The molecule has 0 spiro atoms. The molecule has 1 aromatic carbocycles. The number of nitrogens with one attached hydrogen (secondary N) is 1. The molecule has 3 rings (SSSR count). The van der Waals surface area contributed by atoms with E-state index in [4.69, 9.17) is 4.74 Å². The van der Waals surface area contributed by atoms with E-state index in [2.05, 4.69) is 57.0 Å². The van der Waals surface area contributed by atoms with Gasteiger partial charge in [-0.1, -0.05) is 28.1 Å². The summed E-state index contributed by atoms with van der Waals surface area (Å²) in [4.78, 5) is 1.30. The average Bonchev–Trinajstić information content (AvgIpc) is 3.02. The fourth-order valence-corrected chi connectivity index (χ4v) is 3.18. The van der Waals surface area contributed by atoms with Crippen molar-refractivity contribution in [2.75, 3.05) is 18.5 Å². The molecule has 0 aliphatic carbocycles. The van der Waals surface area contributed by atoms with Crippen molar-refractivity contribution >= 4 is 33.0 Å². The zero-order valence-electron chi connectivity index (χ0n) is 9.86. The SMILES string of the molecule is Brc1ccc(-c2cc(NC3CCOC3)cs2)cc1. The highest BCUT2D eigenvalue weighted by molar-refractivity contribution is 9.10. The van der Waals surface area contributed by atoms with Gasteiger partial charge in [0.1, 0.15) is 0 Å². The number of rotatable bonds is 3. The normalized spacial score (nSPS) is 19.1. The van der Waals surface area contributed by atoms with Crippen LogP contribution in [0.2, 0.25) is 0 Å². The third-order valence-electron chi connectivity index (χ3n) is 3.03. The Morgan fingerprint density at radius 1 is 1.28 bits per heavy atom. The van der Waals surface area contributed by atoms with Crippen molar-refractivity contribution in [2.24, 2.45) is 0 Å². The van der Waals surface area contributed by atoms with E-state index in [1.165, 1.54) is 16.1 Å². The topological polar surface area (TPSA) is 21.3 Å². The van der Waals surface area contributed by atoms with Gasteiger partial charge in [0.05, 0.1) is 12.6 Å². The lowest BCUT2D eigenvalue weighted by Gasteiger charge is -2.09. The lowest BCUT2D eigenvalue weighted by atomic mass is 10.2. The zero-order valence-corrected chi connectivity index (χ0v) is 12.3. The van der Waals surface area contributed by atoms with Crippen molar-refractivity contribution in [2.45, 2.75) is 12.5 Å². The maximum atomic E-state index is 5.37. The predicted octanol–water partition coefficient (Wildman–Crippen LogP) is 4.38. The molecule has 0 saturated carbocycles. The van der Waals surface area contributed by atoms with Crippen molar-refractivity contribution in [3.8, 4) is 10.4 Å². The first kappa shape index (κ1) is 12.2. The molecule has 0 amide bonds. The molecule has 94 valence electrons. The number of hydrogen-bond donors (Lipinski definition) is 1. The molecular weight excluding hydrogens is 310 g/mol. The lowest BCUT2D eigenvalue weighted by Crippen LogP contribution is -2.18. The van der Waals surface area contributed by atoms with Crippen LogP contribution in [0, 0.1) is 0 Å². The average molecular weight is 324 g/mol. The van der Waals surface area contributed by atoms with E-state index in [1.54, 1.807) is 11.3 Å². The summed E-state index contributed by atoms with van der Waals surface area (Å²) in [6.07, 6.45) is 1.10. The largest absolute Gasteiger partial charge is 0.379 e. The van der Waals surface area contributed by atoms with Gasteiger partial charge >= 0.3 is 0 Å². The summed E-state index contributed by atoms with van der Waals surface area (Å²) < 4.78 is 6.48. The molecule has 2 aromatic rings. The molecule has 1 N–H and O–H groups in total. The number of ether oxygens (including phenoxy) is 1. The summed E-state index contributed by atoms with van der Waals surface area (Å²) in [6, 6.07) is 11.1. The summed E-state index contributed by atoms with van der Waals surface area (Å²) in [7, 11) is 0. The summed E-state index contributed by atoms with van der Waals surface area (Å²) in [5, 5.41) is 5.69. The monoisotopic (exact) mass is 323 g/mol. The molecule has 1 saturated heterocycles. The first-order valence-corrected chi connectivity index (χ1v) is 7.67. The van der Waals surface area contributed by atoms with E-state index >= 15 is 0 Å². The Morgan fingerprint density at radius 2 is 2.11 bits per heavy atom. The van der Waals surface area contributed by atoms with E-state index in [0.717, 1.165) is 24.1 Å². The second kappa shape index (κ2) is 5.43. The molecule has 2 heterocycles. The molecule has 1 aliphatic rings. The van der Waals surface area contributed by atoms with Crippen LogP contribution in [0.4, 0.5) is 5.69 Å². The van der Waals surface area contributed by atoms with Crippen LogP contribution in [0.3, 0.4) is 0 Å². The molecule has 2 nitrogen and oxygen atoms in total. The van der Waals surface area contributed by atoms with Crippen LogP contribution in [0.25, 0.3) is 10.4 Å². The second-order valence-electron chi connectivity index (χ2n) is 4.41. The fraction of sp³-hybridized carbons (Fsp3) is 0.286. The highest BCUT2D eigenvalue weighted by atomic mass is 79.9. The number of anilines is 1. The Morgan fingerprint density at radius 3 is 2.83 bits per heavy atom. The van der Waals surface area contributed by atoms with Crippen molar-refractivity contribution in [3.63, 3.8) is 0 Å². The minimum Gasteiger partial charge on any atom is -0.379 e. The number of thiophene rings is 1. The van der Waals surface area contributed by atoms with Crippen LogP contribution >= 0.6 is 27.3 Å². The molecule has 18 heavy (non-hydrogen) atoms. The third-order valence-corrected chi connectivity index (χ3v) is 4.54. The number of halogens is 1. The van der Waals surface area contributed by atoms with Gasteiger partial charge in [0.2, 0.25) is 0 Å². The van der Waals surface area contributed by atoms with Crippen molar-refractivity contribution in [1.29, 1.82) is 0 Å². The number of benzene rings is 1. The van der Waals surface area contributed by atoms with Crippen molar-refractivity contribution < 1.29 is 4.74 Å². The fourth-order valence-electron chi connectivity index (χ4n) is 2.06. The van der Waals surface area contributed by atoms with Gasteiger partial charge in [0, 0.05) is 27.0 Å². The minimum absolute atomic E-state index is 0.470. The molecule has 1 unspecified atom stereocenters. The zero-order chi connectivity index (χ0) is 12.4. The third kappa shape index (κ3) is 2.76. The molecule has 4 heteroatoms. The molecule has 1 atom stereocenters. The molecular formula is C14H14BrNOS. The van der Waals surface area contributed by atoms with E-state index < -0.39 is 0 Å². The number of hydrogen-bond acceptors (Lipinski definition) is 3. The van der Waals surface area contributed by atoms with E-state index in [9.17, 15) is 0 Å². The highest BCUT2D eigenvalue weighted by Gasteiger charge is 2.15. The molecule has 0 bridgehead atoms. The molecule has 0 radical (unpaired) electrons. The van der Waals surface area contributed by atoms with Gasteiger partial charge in [-0.3, -0.25) is 0 Å². The van der Waals surface area contributed by atoms with Gasteiger partial charge in [0.15, 0.2) is 0 Å². The van der Waals surface area contributed by atoms with Crippen LogP contribution in [0.5, 0.6) is 0 Å². The summed E-state index contributed by atoms with van der Waals surface area (Å²) >= 11 is 5.23.